The molecule has 1 rings (SSSR count). The van der Waals surface area contributed by atoms with Crippen LogP contribution in [0.1, 0.15) is 37.0 Å². The quantitative estimate of drug-likeness (QED) is 0.753. The molecule has 0 radical (unpaired) electrons. The van der Waals surface area contributed by atoms with Crippen molar-refractivity contribution in [1.29, 1.82) is 0 Å². The Bertz CT molecular complexity index is 567. The SMILES string of the molecule is CCCN(CCC)S(=O)(=O)CCNC(=O)c1ccc(F)cc1. The van der Waals surface area contributed by atoms with Gasteiger partial charge < -0.3 is 5.32 Å². The van der Waals surface area contributed by atoms with E-state index in [0.717, 1.165) is 12.8 Å². The summed E-state index contributed by atoms with van der Waals surface area (Å²) in [5, 5.41) is 2.55. The number of amides is 1. The summed E-state index contributed by atoms with van der Waals surface area (Å²) in [6.07, 6.45) is 1.50. The van der Waals surface area contributed by atoms with E-state index in [1.165, 1.54) is 28.6 Å². The van der Waals surface area contributed by atoms with Crippen LogP contribution in [0.5, 0.6) is 0 Å². The van der Waals surface area contributed by atoms with E-state index in [4.69, 9.17) is 0 Å². The first-order valence-corrected chi connectivity index (χ1v) is 9.03. The molecule has 0 bridgehead atoms. The van der Waals surface area contributed by atoms with E-state index >= 15 is 0 Å². The molecule has 0 aliphatic rings. The predicted molar refractivity (Wildman–Crippen MR) is 84.7 cm³/mol. The van der Waals surface area contributed by atoms with E-state index in [1.54, 1.807) is 0 Å². The lowest BCUT2D eigenvalue weighted by Crippen LogP contribution is -2.38. The number of benzene rings is 1. The van der Waals surface area contributed by atoms with Crippen molar-refractivity contribution < 1.29 is 17.6 Å². The van der Waals surface area contributed by atoms with E-state index in [9.17, 15) is 17.6 Å². The van der Waals surface area contributed by atoms with Gasteiger partial charge in [-0.2, -0.15) is 0 Å². The highest BCUT2D eigenvalue weighted by Gasteiger charge is 2.20. The lowest BCUT2D eigenvalue weighted by molar-refractivity contribution is 0.0956. The van der Waals surface area contributed by atoms with E-state index < -0.39 is 21.7 Å². The van der Waals surface area contributed by atoms with E-state index in [-0.39, 0.29) is 12.3 Å². The summed E-state index contributed by atoms with van der Waals surface area (Å²) in [6.45, 7) is 4.86. The smallest absolute Gasteiger partial charge is 0.251 e. The number of rotatable bonds is 9. The molecule has 5 nitrogen and oxygen atoms in total. The summed E-state index contributed by atoms with van der Waals surface area (Å²) in [5.41, 5.74) is 0.303. The fourth-order valence-electron chi connectivity index (χ4n) is 2.01. The van der Waals surface area contributed by atoms with Gasteiger partial charge in [0.05, 0.1) is 5.75 Å². The molecular formula is C15H23FN2O3S. The molecule has 0 aliphatic carbocycles. The summed E-state index contributed by atoms with van der Waals surface area (Å²) in [5.74, 6) is -0.971. The Hall–Kier alpha value is -1.47. The molecule has 1 aromatic carbocycles. The molecule has 0 fully saturated rings. The Kier molecular flexibility index (Phi) is 7.47. The molecule has 7 heteroatoms. The number of halogens is 1. The van der Waals surface area contributed by atoms with Gasteiger partial charge in [-0.25, -0.2) is 17.1 Å². The molecule has 0 aromatic heterocycles. The summed E-state index contributed by atoms with van der Waals surface area (Å²) >= 11 is 0. The zero-order valence-electron chi connectivity index (χ0n) is 13.0. The molecule has 0 heterocycles. The number of hydrogen-bond donors (Lipinski definition) is 1. The lowest BCUT2D eigenvalue weighted by atomic mass is 10.2. The molecule has 22 heavy (non-hydrogen) atoms. The Morgan fingerprint density at radius 2 is 1.68 bits per heavy atom. The topological polar surface area (TPSA) is 66.5 Å². The van der Waals surface area contributed by atoms with Crippen LogP contribution < -0.4 is 5.32 Å². The van der Waals surface area contributed by atoms with Gasteiger partial charge in [0.2, 0.25) is 10.0 Å². The average Bonchev–Trinajstić information content (AvgIpc) is 2.47. The van der Waals surface area contributed by atoms with Crippen molar-refractivity contribution in [3.63, 3.8) is 0 Å². The van der Waals surface area contributed by atoms with Crippen molar-refractivity contribution >= 4 is 15.9 Å². The van der Waals surface area contributed by atoms with Gasteiger partial charge in [0.1, 0.15) is 5.82 Å². The summed E-state index contributed by atoms with van der Waals surface area (Å²) in [6, 6.07) is 5.10. The van der Waals surface area contributed by atoms with Gasteiger partial charge in [0.25, 0.3) is 5.91 Å². The third kappa shape index (κ3) is 5.73. The summed E-state index contributed by atoms with van der Waals surface area (Å²) in [7, 11) is -3.37. The van der Waals surface area contributed by atoms with Crippen LogP contribution in [0.15, 0.2) is 24.3 Å². The highest BCUT2D eigenvalue weighted by Crippen LogP contribution is 2.05. The zero-order chi connectivity index (χ0) is 16.6. The molecule has 0 saturated heterocycles. The second-order valence-corrected chi connectivity index (χ2v) is 7.07. The van der Waals surface area contributed by atoms with Gasteiger partial charge in [-0.1, -0.05) is 13.8 Å². The van der Waals surface area contributed by atoms with Crippen molar-refractivity contribution in [2.45, 2.75) is 26.7 Å². The molecule has 1 amide bonds. The maximum atomic E-state index is 12.8. The van der Waals surface area contributed by atoms with Crippen LogP contribution in [0, 0.1) is 5.82 Å². The second kappa shape index (κ2) is 8.85. The van der Waals surface area contributed by atoms with Crippen LogP contribution in [0.2, 0.25) is 0 Å². The maximum absolute atomic E-state index is 12.8. The minimum atomic E-state index is -3.37. The van der Waals surface area contributed by atoms with Crippen molar-refractivity contribution in [3.8, 4) is 0 Å². The molecule has 124 valence electrons. The summed E-state index contributed by atoms with van der Waals surface area (Å²) < 4.78 is 38.6. The van der Waals surface area contributed by atoms with Crippen LogP contribution in [-0.4, -0.2) is 44.0 Å². The normalized spacial score (nSPS) is 11.6. The predicted octanol–water partition coefficient (Wildman–Crippen LogP) is 2.01. The van der Waals surface area contributed by atoms with Gasteiger partial charge in [0.15, 0.2) is 0 Å². The number of carbonyl (C=O) groups is 1. The monoisotopic (exact) mass is 330 g/mol. The maximum Gasteiger partial charge on any atom is 0.251 e. The number of nitrogens with zero attached hydrogens (tertiary/aromatic N) is 1. The van der Waals surface area contributed by atoms with Gasteiger partial charge in [0, 0.05) is 25.2 Å². The molecule has 1 N–H and O–H groups in total. The van der Waals surface area contributed by atoms with Crippen LogP contribution >= 0.6 is 0 Å². The number of hydrogen-bond acceptors (Lipinski definition) is 3. The minimum Gasteiger partial charge on any atom is -0.351 e. The van der Waals surface area contributed by atoms with Gasteiger partial charge in [-0.05, 0) is 37.1 Å². The Morgan fingerprint density at radius 1 is 1.14 bits per heavy atom. The molecule has 0 atom stereocenters. The Labute approximate surface area is 131 Å². The summed E-state index contributed by atoms with van der Waals surface area (Å²) in [4.78, 5) is 11.8. The first kappa shape index (κ1) is 18.6. The van der Waals surface area contributed by atoms with E-state index in [0.29, 0.717) is 18.7 Å². The van der Waals surface area contributed by atoms with E-state index in [1.807, 2.05) is 13.8 Å². The van der Waals surface area contributed by atoms with Gasteiger partial charge in [-0.15, -0.1) is 0 Å². The number of carbonyl (C=O) groups excluding carboxylic acids is 1. The standard InChI is InChI=1S/C15H23FN2O3S/c1-3-10-18(11-4-2)22(20,21)12-9-17-15(19)13-5-7-14(16)8-6-13/h5-8H,3-4,9-12H2,1-2H3,(H,17,19). The highest BCUT2D eigenvalue weighted by molar-refractivity contribution is 7.89. The lowest BCUT2D eigenvalue weighted by Gasteiger charge is -2.21. The van der Waals surface area contributed by atoms with Crippen LogP contribution in [0.25, 0.3) is 0 Å². The zero-order valence-corrected chi connectivity index (χ0v) is 13.8. The highest BCUT2D eigenvalue weighted by atomic mass is 32.2. The Balaban J connectivity index is 2.54. The second-order valence-electron chi connectivity index (χ2n) is 4.98. The van der Waals surface area contributed by atoms with E-state index in [2.05, 4.69) is 5.32 Å². The Morgan fingerprint density at radius 3 is 2.18 bits per heavy atom. The minimum absolute atomic E-state index is 0.0302. The first-order chi connectivity index (χ1) is 10.4. The third-order valence-electron chi connectivity index (χ3n) is 3.09. The number of sulfonamides is 1. The van der Waals surface area contributed by atoms with Crippen molar-refractivity contribution in [1.82, 2.24) is 9.62 Å². The fourth-order valence-corrected chi connectivity index (χ4v) is 3.55. The van der Waals surface area contributed by atoms with Crippen LogP contribution in [-0.2, 0) is 10.0 Å². The van der Waals surface area contributed by atoms with Crippen LogP contribution in [0.4, 0.5) is 4.39 Å². The third-order valence-corrected chi connectivity index (χ3v) is 4.96. The molecule has 0 aliphatic heterocycles. The number of nitrogens with one attached hydrogen (secondary N) is 1. The molecular weight excluding hydrogens is 307 g/mol. The molecule has 1 aromatic rings. The average molecular weight is 330 g/mol. The first-order valence-electron chi connectivity index (χ1n) is 7.42. The molecule has 0 saturated carbocycles. The van der Waals surface area contributed by atoms with Crippen molar-refractivity contribution in [3.05, 3.63) is 35.6 Å². The molecule has 0 spiro atoms. The van der Waals surface area contributed by atoms with Crippen molar-refractivity contribution in [2.24, 2.45) is 0 Å². The van der Waals surface area contributed by atoms with Crippen molar-refractivity contribution in [2.75, 3.05) is 25.4 Å². The van der Waals surface area contributed by atoms with Crippen LogP contribution in [0.3, 0.4) is 0 Å². The fraction of sp³-hybridized carbons (Fsp3) is 0.533. The molecule has 0 unspecified atom stereocenters. The van der Waals surface area contributed by atoms with Gasteiger partial charge >= 0.3 is 0 Å². The largest absolute Gasteiger partial charge is 0.351 e. The van der Waals surface area contributed by atoms with Gasteiger partial charge in [-0.3, -0.25) is 4.79 Å².